The van der Waals surface area contributed by atoms with Gasteiger partial charge in [-0.1, -0.05) is 29.4 Å². The van der Waals surface area contributed by atoms with Crippen LogP contribution in [0.5, 0.6) is 11.5 Å². The van der Waals surface area contributed by atoms with E-state index in [4.69, 9.17) is 30.8 Å². The van der Waals surface area contributed by atoms with Crippen molar-refractivity contribution in [1.82, 2.24) is 9.55 Å². The number of aryl methyl sites for hydroxylation is 1. The smallest absolute Gasteiger partial charge is 0.348 e. The molecule has 37 heavy (non-hydrogen) atoms. The average molecular weight is 557 g/mol. The molecule has 0 atom stereocenters. The second-order valence-corrected chi connectivity index (χ2v) is 10.5. The van der Waals surface area contributed by atoms with Crippen molar-refractivity contribution >= 4 is 56.7 Å². The molecule has 190 valence electrons. The number of hydrogen-bond donors (Lipinski definition) is 0. The Labute approximate surface area is 225 Å². The molecule has 0 spiro atoms. The predicted molar refractivity (Wildman–Crippen MR) is 143 cm³/mol. The lowest BCUT2D eigenvalue weighted by atomic mass is 10.1. The number of carbonyl (C=O) groups excluding carboxylic acids is 2. The summed E-state index contributed by atoms with van der Waals surface area (Å²) in [5, 5.41) is 1.27. The van der Waals surface area contributed by atoms with Crippen molar-refractivity contribution in [3.05, 3.63) is 79.4 Å². The van der Waals surface area contributed by atoms with Gasteiger partial charge < -0.3 is 14.2 Å². The van der Waals surface area contributed by atoms with Gasteiger partial charge in [-0.2, -0.15) is 0 Å². The Bertz CT molecular complexity index is 1580. The van der Waals surface area contributed by atoms with Crippen LogP contribution in [0.4, 0.5) is 0 Å². The van der Waals surface area contributed by atoms with Gasteiger partial charge in [0.05, 0.1) is 24.3 Å². The van der Waals surface area contributed by atoms with Crippen molar-refractivity contribution in [2.45, 2.75) is 25.5 Å². The average Bonchev–Trinajstić information content (AvgIpc) is 3.49. The molecule has 0 saturated heterocycles. The molecule has 2 aromatic heterocycles. The monoisotopic (exact) mass is 556 g/mol. The Morgan fingerprint density at radius 3 is 2.68 bits per heavy atom. The third-order valence-electron chi connectivity index (χ3n) is 5.75. The van der Waals surface area contributed by atoms with Crippen LogP contribution in [0.3, 0.4) is 0 Å². The number of thiophene rings is 1. The molecule has 0 radical (unpaired) electrons. The lowest BCUT2D eigenvalue weighted by molar-refractivity contribution is 0.0531. The number of nitrogens with zero attached hydrogens (tertiary/aromatic N) is 2. The largest absolute Gasteiger partial charge is 0.462 e. The van der Waals surface area contributed by atoms with E-state index in [1.807, 2.05) is 12.1 Å². The summed E-state index contributed by atoms with van der Waals surface area (Å²) < 4.78 is 17.6. The van der Waals surface area contributed by atoms with Crippen molar-refractivity contribution in [3.63, 3.8) is 0 Å². The molecule has 11 heteroatoms. The van der Waals surface area contributed by atoms with Crippen LogP contribution < -0.4 is 15.0 Å². The zero-order valence-corrected chi connectivity index (χ0v) is 22.3. The lowest BCUT2D eigenvalue weighted by Gasteiger charge is -2.13. The number of halogens is 1. The Morgan fingerprint density at radius 1 is 1.16 bits per heavy atom. The van der Waals surface area contributed by atoms with Gasteiger partial charge in [0.25, 0.3) is 5.56 Å². The maximum Gasteiger partial charge on any atom is 0.348 e. The van der Waals surface area contributed by atoms with Gasteiger partial charge in [-0.25, -0.2) is 9.78 Å². The van der Waals surface area contributed by atoms with Gasteiger partial charge in [0, 0.05) is 10.6 Å². The number of hydrogen-bond acceptors (Lipinski definition) is 9. The number of ether oxygens (including phenoxy) is 3. The van der Waals surface area contributed by atoms with E-state index < -0.39 is 5.97 Å². The molecular weight excluding hydrogens is 536 g/mol. The van der Waals surface area contributed by atoms with Gasteiger partial charge in [-0.05, 0) is 61.4 Å². The highest BCUT2D eigenvalue weighted by Crippen LogP contribution is 2.34. The highest BCUT2D eigenvalue weighted by atomic mass is 35.5. The van der Waals surface area contributed by atoms with Gasteiger partial charge >= 0.3 is 5.97 Å². The van der Waals surface area contributed by atoms with Gasteiger partial charge in [0.2, 0.25) is 6.79 Å². The zero-order valence-electron chi connectivity index (χ0n) is 19.9. The second-order valence-electron chi connectivity index (χ2n) is 8.15. The first-order valence-electron chi connectivity index (χ1n) is 11.4. The minimum atomic E-state index is -0.489. The maximum absolute atomic E-state index is 13.8. The van der Waals surface area contributed by atoms with Crippen LogP contribution in [-0.2, 0) is 11.3 Å². The number of esters is 1. The summed E-state index contributed by atoms with van der Waals surface area (Å²) in [7, 11) is 0. The van der Waals surface area contributed by atoms with Gasteiger partial charge in [-0.3, -0.25) is 14.2 Å². The van der Waals surface area contributed by atoms with Crippen LogP contribution in [0.15, 0.2) is 52.4 Å². The molecule has 0 unspecified atom stereocenters. The van der Waals surface area contributed by atoms with E-state index >= 15 is 0 Å². The summed E-state index contributed by atoms with van der Waals surface area (Å²) in [6.45, 7) is 4.01. The van der Waals surface area contributed by atoms with Crippen LogP contribution in [-0.4, -0.2) is 40.5 Å². The molecule has 0 fully saturated rings. The molecule has 8 nitrogen and oxygen atoms in total. The Hall–Kier alpha value is -3.34. The molecule has 0 aliphatic carbocycles. The van der Waals surface area contributed by atoms with E-state index in [1.165, 1.54) is 16.3 Å². The number of rotatable bonds is 8. The van der Waals surface area contributed by atoms with Crippen LogP contribution in [0.25, 0.3) is 10.2 Å². The fourth-order valence-corrected chi connectivity index (χ4v) is 6.05. The standard InChI is InChI=1S/C26H21ClN2O6S2/c1-3-33-25(32)22-14(2)21-23(37-22)28-26(36-12-18(30)16-5-7-17(27)8-6-16)29(24(21)31)11-15-4-9-19-20(10-15)35-13-34-19/h4-10H,3,11-13H2,1-2H3. The van der Waals surface area contributed by atoms with Crippen molar-refractivity contribution < 1.29 is 23.8 Å². The van der Waals surface area contributed by atoms with Gasteiger partial charge in [0.1, 0.15) is 9.71 Å². The molecule has 2 aromatic carbocycles. The molecule has 0 saturated carbocycles. The number of benzene rings is 2. The molecule has 1 aliphatic heterocycles. The third kappa shape index (κ3) is 5.09. The maximum atomic E-state index is 13.8. The van der Waals surface area contributed by atoms with Crippen molar-refractivity contribution in [2.75, 3.05) is 19.2 Å². The normalized spacial score (nSPS) is 12.2. The van der Waals surface area contributed by atoms with Crippen molar-refractivity contribution in [2.24, 2.45) is 0 Å². The minimum absolute atomic E-state index is 0.0653. The predicted octanol–water partition coefficient (Wildman–Crippen LogP) is 5.35. The minimum Gasteiger partial charge on any atom is -0.462 e. The van der Waals surface area contributed by atoms with Gasteiger partial charge in [-0.15, -0.1) is 11.3 Å². The molecule has 4 aromatic rings. The van der Waals surface area contributed by atoms with E-state index in [-0.39, 0.29) is 37.0 Å². The van der Waals surface area contributed by atoms with E-state index in [1.54, 1.807) is 44.2 Å². The first kappa shape index (κ1) is 25.3. The Balaban J connectivity index is 1.55. The number of carbonyl (C=O) groups is 2. The number of fused-ring (bicyclic) bond motifs is 2. The van der Waals surface area contributed by atoms with E-state index in [2.05, 4.69) is 0 Å². The van der Waals surface area contributed by atoms with E-state index in [0.29, 0.717) is 47.9 Å². The topological polar surface area (TPSA) is 96.7 Å². The van der Waals surface area contributed by atoms with Crippen molar-refractivity contribution in [1.29, 1.82) is 0 Å². The zero-order chi connectivity index (χ0) is 26.1. The molecule has 0 amide bonds. The summed E-state index contributed by atoms with van der Waals surface area (Å²) in [4.78, 5) is 44.6. The molecule has 1 aliphatic rings. The summed E-state index contributed by atoms with van der Waals surface area (Å²) in [5.41, 5.74) is 1.55. The molecule has 5 rings (SSSR count). The molecular formula is C26H21ClN2O6S2. The highest BCUT2D eigenvalue weighted by Gasteiger charge is 2.23. The van der Waals surface area contributed by atoms with Crippen LogP contribution >= 0.6 is 34.7 Å². The summed E-state index contributed by atoms with van der Waals surface area (Å²) >= 11 is 8.22. The number of Topliss-reactive ketones (excluding diaryl/α,β-unsaturated/α-hetero) is 1. The number of aromatic nitrogens is 2. The highest BCUT2D eigenvalue weighted by molar-refractivity contribution is 7.99. The molecule has 0 bridgehead atoms. The number of thioether (sulfide) groups is 1. The van der Waals surface area contributed by atoms with Crippen molar-refractivity contribution in [3.8, 4) is 11.5 Å². The lowest BCUT2D eigenvalue weighted by Crippen LogP contribution is -2.24. The van der Waals surface area contributed by atoms with E-state index in [0.717, 1.165) is 16.9 Å². The Kier molecular flexibility index (Phi) is 7.23. The fraction of sp³-hybridized carbons (Fsp3) is 0.231. The third-order valence-corrected chi connectivity index (χ3v) is 8.15. The molecule has 3 heterocycles. The van der Waals surface area contributed by atoms with E-state index in [9.17, 15) is 14.4 Å². The number of ketones is 1. The summed E-state index contributed by atoms with van der Waals surface area (Å²) in [6.07, 6.45) is 0. The SMILES string of the molecule is CCOC(=O)c1sc2nc(SCC(=O)c3ccc(Cl)cc3)n(Cc3ccc4c(c3)OCO4)c(=O)c2c1C. The van der Waals surface area contributed by atoms with Crippen LogP contribution in [0.2, 0.25) is 5.02 Å². The Morgan fingerprint density at radius 2 is 1.92 bits per heavy atom. The first-order valence-corrected chi connectivity index (χ1v) is 13.5. The summed E-state index contributed by atoms with van der Waals surface area (Å²) in [6, 6.07) is 12.1. The molecule has 0 N–H and O–H groups in total. The van der Waals surface area contributed by atoms with Crippen LogP contribution in [0.1, 0.15) is 38.1 Å². The fourth-order valence-electron chi connectivity index (χ4n) is 3.91. The van der Waals surface area contributed by atoms with Crippen LogP contribution in [0, 0.1) is 6.92 Å². The quantitative estimate of drug-likeness (QED) is 0.124. The second kappa shape index (κ2) is 10.6. The summed E-state index contributed by atoms with van der Waals surface area (Å²) in [5.74, 6) is 0.691. The first-order chi connectivity index (χ1) is 17.9. The van der Waals surface area contributed by atoms with Gasteiger partial charge in [0.15, 0.2) is 22.4 Å².